The van der Waals surface area contributed by atoms with Crippen molar-refractivity contribution in [3.63, 3.8) is 0 Å². The van der Waals surface area contributed by atoms with Gasteiger partial charge >= 0.3 is 5.97 Å². The summed E-state index contributed by atoms with van der Waals surface area (Å²) in [6.07, 6.45) is 1.32. The summed E-state index contributed by atoms with van der Waals surface area (Å²) in [5, 5.41) is 21.7. The number of carboxylic acid groups (broad SMARTS) is 1. The minimum absolute atomic E-state index is 0.0400. The molecule has 0 radical (unpaired) electrons. The topological polar surface area (TPSA) is 115 Å². The van der Waals surface area contributed by atoms with Crippen molar-refractivity contribution in [3.05, 3.63) is 67.6 Å². The molecule has 0 unspecified atom stereocenters. The van der Waals surface area contributed by atoms with Gasteiger partial charge in [-0.2, -0.15) is 5.26 Å². The normalized spacial score (nSPS) is 14.5. The fourth-order valence-corrected chi connectivity index (χ4v) is 4.76. The molecule has 1 saturated heterocycles. The molecule has 34 heavy (non-hydrogen) atoms. The summed E-state index contributed by atoms with van der Waals surface area (Å²) >= 11 is 6.28. The van der Waals surface area contributed by atoms with Crippen LogP contribution in [0.2, 0.25) is 0 Å². The first-order valence-electron chi connectivity index (χ1n) is 10.3. The maximum Gasteiger partial charge on any atom is 0.305 e. The van der Waals surface area contributed by atoms with Gasteiger partial charge in [-0.05, 0) is 43.2 Å². The maximum absolute atomic E-state index is 13.3. The molecule has 1 aromatic carbocycles. The third kappa shape index (κ3) is 5.18. The highest BCUT2D eigenvalue weighted by Gasteiger charge is 2.33. The van der Waals surface area contributed by atoms with E-state index in [1.54, 1.807) is 32.1 Å². The van der Waals surface area contributed by atoms with Crippen LogP contribution >= 0.6 is 24.0 Å². The summed E-state index contributed by atoms with van der Waals surface area (Å²) < 4.78 is 14.9. The molecule has 2 heterocycles. The standard InChI is InChI=1S/C23H21FN4O4S2/c1-3-27-20(26-12-14-4-6-15(24)7-5-14)16(13(2)17(11-25)21(27)31)10-18-22(32)28(23(33)34-18)9-8-19(29)30/h4-7,10,26H,3,8-9,12H2,1-2H3,(H,29,30)/b18-10+. The number of aliphatic carboxylic acids is 1. The van der Waals surface area contributed by atoms with Gasteiger partial charge in [-0.1, -0.05) is 36.1 Å². The van der Waals surface area contributed by atoms with E-state index in [1.807, 2.05) is 6.07 Å². The summed E-state index contributed by atoms with van der Waals surface area (Å²) in [5.74, 6) is -1.44. The number of aromatic nitrogens is 1. The lowest BCUT2D eigenvalue weighted by Gasteiger charge is -2.19. The van der Waals surface area contributed by atoms with E-state index in [4.69, 9.17) is 17.3 Å². The van der Waals surface area contributed by atoms with Crippen LogP contribution in [-0.2, 0) is 22.7 Å². The van der Waals surface area contributed by atoms with Crippen LogP contribution in [0.1, 0.15) is 35.6 Å². The van der Waals surface area contributed by atoms with E-state index in [1.165, 1.54) is 21.6 Å². The minimum atomic E-state index is -1.05. The van der Waals surface area contributed by atoms with Crippen LogP contribution in [0.25, 0.3) is 6.08 Å². The molecular weight excluding hydrogens is 479 g/mol. The van der Waals surface area contributed by atoms with Gasteiger partial charge in [0.05, 0.1) is 11.3 Å². The van der Waals surface area contributed by atoms with Crippen LogP contribution in [0, 0.1) is 24.1 Å². The number of thioether (sulfide) groups is 1. The van der Waals surface area contributed by atoms with Crippen LogP contribution in [0.4, 0.5) is 10.2 Å². The quantitative estimate of drug-likeness (QED) is 0.418. The Kier molecular flexibility index (Phi) is 7.86. The van der Waals surface area contributed by atoms with Gasteiger partial charge in [-0.25, -0.2) is 4.39 Å². The van der Waals surface area contributed by atoms with E-state index in [0.717, 1.165) is 17.3 Å². The average molecular weight is 501 g/mol. The molecule has 3 rings (SSSR count). The zero-order valence-corrected chi connectivity index (χ0v) is 20.1. The predicted octanol–water partition coefficient (Wildman–Crippen LogP) is 3.48. The Labute approximate surface area is 204 Å². The van der Waals surface area contributed by atoms with E-state index in [9.17, 15) is 24.0 Å². The molecule has 0 bridgehead atoms. The fraction of sp³-hybridized carbons (Fsp3) is 0.261. The van der Waals surface area contributed by atoms with Gasteiger partial charge in [-0.15, -0.1) is 0 Å². The average Bonchev–Trinajstić information content (AvgIpc) is 3.06. The first-order valence-corrected chi connectivity index (χ1v) is 11.5. The maximum atomic E-state index is 13.3. The van der Waals surface area contributed by atoms with Gasteiger partial charge in [0.15, 0.2) is 0 Å². The Bertz CT molecular complexity index is 1300. The van der Waals surface area contributed by atoms with E-state index in [2.05, 4.69) is 5.32 Å². The number of benzene rings is 1. The van der Waals surface area contributed by atoms with Crippen LogP contribution in [0.3, 0.4) is 0 Å². The summed E-state index contributed by atoms with van der Waals surface area (Å²) in [7, 11) is 0. The summed E-state index contributed by atoms with van der Waals surface area (Å²) in [4.78, 5) is 38.2. The molecule has 1 aromatic heterocycles. The third-order valence-corrected chi connectivity index (χ3v) is 6.64. The van der Waals surface area contributed by atoms with Gasteiger partial charge in [0.1, 0.15) is 27.6 Å². The molecule has 8 nitrogen and oxygen atoms in total. The van der Waals surface area contributed by atoms with Crippen LogP contribution in [-0.4, -0.2) is 37.3 Å². The molecule has 1 aliphatic rings. The Hall–Kier alpha value is -3.49. The Balaban J connectivity index is 2.08. The molecule has 0 aliphatic carbocycles. The van der Waals surface area contributed by atoms with E-state index < -0.39 is 17.4 Å². The van der Waals surface area contributed by atoms with Crippen molar-refractivity contribution in [2.45, 2.75) is 33.4 Å². The van der Waals surface area contributed by atoms with Gasteiger partial charge in [0.2, 0.25) is 0 Å². The number of hydrogen-bond donors (Lipinski definition) is 2. The zero-order chi connectivity index (χ0) is 25.0. The number of halogens is 1. The number of carboxylic acids is 1. The second-order valence-corrected chi connectivity index (χ2v) is 9.06. The van der Waals surface area contributed by atoms with Crippen LogP contribution < -0.4 is 10.9 Å². The molecule has 1 aliphatic heterocycles. The lowest BCUT2D eigenvalue weighted by Crippen LogP contribution is -2.30. The van der Waals surface area contributed by atoms with E-state index in [-0.39, 0.29) is 46.7 Å². The van der Waals surface area contributed by atoms with Crippen LogP contribution in [0.5, 0.6) is 0 Å². The number of carbonyl (C=O) groups is 2. The molecule has 2 N–H and O–H groups in total. The molecule has 0 atom stereocenters. The van der Waals surface area contributed by atoms with Gasteiger partial charge in [-0.3, -0.25) is 23.9 Å². The number of hydrogen-bond acceptors (Lipinski definition) is 7. The smallest absolute Gasteiger partial charge is 0.305 e. The number of thiocarbonyl (C=S) groups is 1. The first kappa shape index (κ1) is 25.1. The number of amides is 1. The highest BCUT2D eigenvalue weighted by molar-refractivity contribution is 8.26. The van der Waals surface area contributed by atoms with Crippen LogP contribution in [0.15, 0.2) is 34.0 Å². The van der Waals surface area contributed by atoms with E-state index in [0.29, 0.717) is 16.9 Å². The number of pyridine rings is 1. The molecule has 176 valence electrons. The molecular formula is C23H21FN4O4S2. The summed E-state index contributed by atoms with van der Waals surface area (Å²) in [6, 6.07) is 7.83. The SMILES string of the molecule is CCn1c(NCc2ccc(F)cc2)c(/C=C2/SC(=S)N(CCC(=O)O)C2=O)c(C)c(C#N)c1=O. The number of carbonyl (C=O) groups excluding carboxylic acids is 1. The summed E-state index contributed by atoms with van der Waals surface area (Å²) in [5.41, 5.74) is 1.13. The van der Waals surface area contributed by atoms with Crippen molar-refractivity contribution in [1.82, 2.24) is 9.47 Å². The second kappa shape index (κ2) is 10.6. The molecule has 11 heteroatoms. The number of rotatable bonds is 8. The lowest BCUT2D eigenvalue weighted by molar-refractivity contribution is -0.137. The highest BCUT2D eigenvalue weighted by atomic mass is 32.2. The van der Waals surface area contributed by atoms with Crippen molar-refractivity contribution >= 4 is 52.1 Å². The lowest BCUT2D eigenvalue weighted by atomic mass is 10.0. The first-order chi connectivity index (χ1) is 16.2. The number of nitrogens with one attached hydrogen (secondary N) is 1. The molecule has 1 fully saturated rings. The molecule has 0 saturated carbocycles. The Morgan fingerprint density at radius 3 is 2.59 bits per heavy atom. The summed E-state index contributed by atoms with van der Waals surface area (Å²) in [6.45, 7) is 3.87. The van der Waals surface area contributed by atoms with Crippen molar-refractivity contribution in [2.24, 2.45) is 0 Å². The predicted molar refractivity (Wildman–Crippen MR) is 132 cm³/mol. The Morgan fingerprint density at radius 2 is 2.00 bits per heavy atom. The van der Waals surface area contributed by atoms with Gasteiger partial charge < -0.3 is 10.4 Å². The minimum Gasteiger partial charge on any atom is -0.481 e. The molecule has 2 aromatic rings. The largest absolute Gasteiger partial charge is 0.481 e. The number of anilines is 1. The third-order valence-electron chi connectivity index (χ3n) is 5.26. The van der Waals surface area contributed by atoms with Crippen molar-refractivity contribution in [2.75, 3.05) is 11.9 Å². The molecule has 1 amide bonds. The van der Waals surface area contributed by atoms with Crippen molar-refractivity contribution < 1.29 is 19.1 Å². The zero-order valence-electron chi connectivity index (χ0n) is 18.4. The fourth-order valence-electron chi connectivity index (χ4n) is 3.47. The number of nitriles is 1. The van der Waals surface area contributed by atoms with Gasteiger partial charge in [0.25, 0.3) is 11.5 Å². The van der Waals surface area contributed by atoms with E-state index >= 15 is 0 Å². The highest BCUT2D eigenvalue weighted by Crippen LogP contribution is 2.35. The monoisotopic (exact) mass is 500 g/mol. The Morgan fingerprint density at radius 1 is 1.32 bits per heavy atom. The van der Waals surface area contributed by atoms with Crippen molar-refractivity contribution in [1.29, 1.82) is 5.26 Å². The molecule has 0 spiro atoms. The van der Waals surface area contributed by atoms with Gasteiger partial charge in [0, 0.05) is 25.2 Å². The number of nitrogens with zero attached hydrogens (tertiary/aromatic N) is 3. The second-order valence-electron chi connectivity index (χ2n) is 7.38. The van der Waals surface area contributed by atoms with Crippen molar-refractivity contribution in [3.8, 4) is 6.07 Å².